The van der Waals surface area contributed by atoms with Crippen molar-refractivity contribution in [3.63, 3.8) is 0 Å². The number of halogens is 1. The first kappa shape index (κ1) is 14.5. The third kappa shape index (κ3) is 3.55. The molecule has 1 aromatic heterocycles. The minimum atomic E-state index is -0.811. The van der Waals surface area contributed by atoms with Gasteiger partial charge in [-0.25, -0.2) is 9.97 Å². The van der Waals surface area contributed by atoms with Crippen molar-refractivity contribution >= 4 is 17.4 Å². The van der Waals surface area contributed by atoms with Gasteiger partial charge in [0.25, 0.3) is 0 Å². The van der Waals surface area contributed by atoms with Gasteiger partial charge in [-0.05, 0) is 13.3 Å². The molecule has 0 saturated carbocycles. The third-order valence-electron chi connectivity index (χ3n) is 3.27. The van der Waals surface area contributed by atoms with Crippen LogP contribution in [0, 0.1) is 6.92 Å². The molecular formula is C13H20ClN3O2. The van der Waals surface area contributed by atoms with E-state index in [4.69, 9.17) is 16.3 Å². The predicted octanol–water partition coefficient (Wildman–Crippen LogP) is 1.95. The molecule has 6 heteroatoms. The van der Waals surface area contributed by atoms with Gasteiger partial charge in [-0.3, -0.25) is 0 Å². The monoisotopic (exact) mass is 285 g/mol. The number of nitrogens with one attached hydrogen (secondary N) is 1. The molecule has 1 aliphatic rings. The number of nitrogens with zero attached hydrogens (tertiary/aromatic N) is 2. The fraction of sp³-hybridized carbons (Fsp3) is 0.692. The topological polar surface area (TPSA) is 67.3 Å². The van der Waals surface area contributed by atoms with Crippen LogP contribution in [0.25, 0.3) is 0 Å². The number of aryl methyl sites for hydroxylation is 1. The van der Waals surface area contributed by atoms with Gasteiger partial charge in [-0.2, -0.15) is 0 Å². The normalized spacial score (nSPS) is 22.7. The van der Waals surface area contributed by atoms with E-state index in [-0.39, 0.29) is 0 Å². The molecule has 1 unspecified atom stereocenters. The summed E-state index contributed by atoms with van der Waals surface area (Å²) in [5, 5.41) is 13.9. The molecule has 1 aromatic rings. The van der Waals surface area contributed by atoms with Crippen molar-refractivity contribution in [3.8, 4) is 0 Å². The van der Waals surface area contributed by atoms with Crippen LogP contribution in [0.2, 0.25) is 5.15 Å². The summed E-state index contributed by atoms with van der Waals surface area (Å²) in [5.74, 6) is 1.43. The van der Waals surface area contributed by atoms with Gasteiger partial charge in [0, 0.05) is 31.6 Å². The van der Waals surface area contributed by atoms with Crippen LogP contribution in [0.1, 0.15) is 31.2 Å². The van der Waals surface area contributed by atoms with Gasteiger partial charge in [0.1, 0.15) is 22.4 Å². The van der Waals surface area contributed by atoms with Crippen LogP contribution in [0.4, 0.5) is 5.82 Å². The minimum Gasteiger partial charge on any atom is -0.386 e. The van der Waals surface area contributed by atoms with Gasteiger partial charge in [-0.15, -0.1) is 0 Å². The molecule has 19 heavy (non-hydrogen) atoms. The number of anilines is 1. The fourth-order valence-electron chi connectivity index (χ4n) is 2.02. The number of rotatable bonds is 5. The van der Waals surface area contributed by atoms with E-state index in [1.165, 1.54) is 0 Å². The zero-order chi connectivity index (χ0) is 13.9. The Balaban J connectivity index is 2.10. The second kappa shape index (κ2) is 6.03. The van der Waals surface area contributed by atoms with Crippen molar-refractivity contribution in [1.82, 2.24) is 9.97 Å². The van der Waals surface area contributed by atoms with E-state index in [0.717, 1.165) is 24.2 Å². The summed E-state index contributed by atoms with van der Waals surface area (Å²) >= 11 is 6.11. The Morgan fingerprint density at radius 3 is 2.89 bits per heavy atom. The van der Waals surface area contributed by atoms with Crippen LogP contribution in [0.5, 0.6) is 0 Å². The van der Waals surface area contributed by atoms with Gasteiger partial charge in [0.2, 0.25) is 0 Å². The maximum absolute atomic E-state index is 10.2. The van der Waals surface area contributed by atoms with Crippen molar-refractivity contribution in [3.05, 3.63) is 16.5 Å². The standard InChI is InChI=1S/C13H20ClN3O2/c1-3-4-10-16-11(14)9(2)12(17-10)15-7-13(18)5-6-19-8-13/h18H,3-8H2,1-2H3,(H,15,16,17). The van der Waals surface area contributed by atoms with E-state index in [0.29, 0.717) is 37.2 Å². The molecule has 0 bridgehead atoms. The van der Waals surface area contributed by atoms with E-state index in [9.17, 15) is 5.11 Å². The second-order valence-electron chi connectivity index (χ2n) is 5.03. The molecule has 0 spiro atoms. The number of aromatic nitrogens is 2. The molecule has 2 rings (SSSR count). The molecule has 5 nitrogen and oxygen atoms in total. The number of hydrogen-bond acceptors (Lipinski definition) is 5. The summed E-state index contributed by atoms with van der Waals surface area (Å²) in [6, 6.07) is 0. The van der Waals surface area contributed by atoms with Crippen molar-refractivity contribution in [2.24, 2.45) is 0 Å². The number of hydrogen-bond donors (Lipinski definition) is 2. The lowest BCUT2D eigenvalue weighted by molar-refractivity contribution is 0.0381. The lowest BCUT2D eigenvalue weighted by atomic mass is 10.0. The second-order valence-corrected chi connectivity index (χ2v) is 5.39. The van der Waals surface area contributed by atoms with Crippen molar-refractivity contribution in [2.45, 2.75) is 38.7 Å². The molecule has 0 aromatic carbocycles. The van der Waals surface area contributed by atoms with Gasteiger partial charge < -0.3 is 15.2 Å². The van der Waals surface area contributed by atoms with Crippen molar-refractivity contribution in [2.75, 3.05) is 25.1 Å². The summed E-state index contributed by atoms with van der Waals surface area (Å²) in [7, 11) is 0. The van der Waals surface area contributed by atoms with Gasteiger partial charge in [0.05, 0.1) is 6.61 Å². The third-order valence-corrected chi connectivity index (χ3v) is 3.64. The molecule has 0 radical (unpaired) electrons. The Morgan fingerprint density at radius 2 is 2.26 bits per heavy atom. The van der Waals surface area contributed by atoms with Crippen LogP contribution in [0.15, 0.2) is 0 Å². The largest absolute Gasteiger partial charge is 0.386 e. The molecule has 1 atom stereocenters. The predicted molar refractivity (Wildman–Crippen MR) is 74.6 cm³/mol. The van der Waals surface area contributed by atoms with Crippen LogP contribution in [0.3, 0.4) is 0 Å². The summed E-state index contributed by atoms with van der Waals surface area (Å²) in [6.45, 7) is 5.31. The zero-order valence-electron chi connectivity index (χ0n) is 11.4. The van der Waals surface area contributed by atoms with Crippen LogP contribution < -0.4 is 5.32 Å². The van der Waals surface area contributed by atoms with E-state index >= 15 is 0 Å². The lowest BCUT2D eigenvalue weighted by Gasteiger charge is -2.22. The Kier molecular flexibility index (Phi) is 4.60. The first-order valence-corrected chi connectivity index (χ1v) is 6.99. The molecular weight excluding hydrogens is 266 g/mol. The molecule has 1 fully saturated rings. The van der Waals surface area contributed by atoms with E-state index in [1.54, 1.807) is 0 Å². The molecule has 106 valence electrons. The van der Waals surface area contributed by atoms with Crippen LogP contribution >= 0.6 is 11.6 Å². The molecule has 1 saturated heterocycles. The minimum absolute atomic E-state index is 0.361. The van der Waals surface area contributed by atoms with Gasteiger partial charge in [0.15, 0.2) is 0 Å². The average Bonchev–Trinajstić information content (AvgIpc) is 2.80. The van der Waals surface area contributed by atoms with Gasteiger partial charge in [-0.1, -0.05) is 18.5 Å². The highest BCUT2D eigenvalue weighted by atomic mass is 35.5. The highest BCUT2D eigenvalue weighted by Gasteiger charge is 2.32. The number of aliphatic hydroxyl groups is 1. The highest BCUT2D eigenvalue weighted by Crippen LogP contribution is 2.23. The quantitative estimate of drug-likeness (QED) is 0.810. The lowest BCUT2D eigenvalue weighted by Crippen LogP contribution is -2.37. The Labute approximate surface area is 118 Å². The van der Waals surface area contributed by atoms with E-state index in [1.807, 2.05) is 6.92 Å². The average molecular weight is 286 g/mol. The zero-order valence-corrected chi connectivity index (χ0v) is 12.1. The summed E-state index contributed by atoms with van der Waals surface area (Å²) in [6.07, 6.45) is 2.40. The Bertz CT molecular complexity index is 448. The first-order chi connectivity index (χ1) is 9.04. The number of ether oxygens (including phenoxy) is 1. The molecule has 1 aliphatic heterocycles. The molecule has 2 N–H and O–H groups in total. The maximum atomic E-state index is 10.2. The fourth-order valence-corrected chi connectivity index (χ4v) is 2.21. The first-order valence-electron chi connectivity index (χ1n) is 6.61. The molecule has 0 aliphatic carbocycles. The Morgan fingerprint density at radius 1 is 1.47 bits per heavy atom. The van der Waals surface area contributed by atoms with Crippen molar-refractivity contribution in [1.29, 1.82) is 0 Å². The van der Waals surface area contributed by atoms with E-state index in [2.05, 4.69) is 22.2 Å². The summed E-state index contributed by atoms with van der Waals surface area (Å²) in [4.78, 5) is 8.70. The Hall–Kier alpha value is -0.910. The molecule has 2 heterocycles. The maximum Gasteiger partial charge on any atom is 0.137 e. The SMILES string of the molecule is CCCc1nc(Cl)c(C)c(NCC2(O)CCOC2)n1. The smallest absolute Gasteiger partial charge is 0.137 e. The van der Waals surface area contributed by atoms with Crippen LogP contribution in [-0.4, -0.2) is 40.4 Å². The van der Waals surface area contributed by atoms with E-state index < -0.39 is 5.60 Å². The highest BCUT2D eigenvalue weighted by molar-refractivity contribution is 6.30. The van der Waals surface area contributed by atoms with Gasteiger partial charge >= 0.3 is 0 Å². The van der Waals surface area contributed by atoms with Crippen molar-refractivity contribution < 1.29 is 9.84 Å². The summed E-state index contributed by atoms with van der Waals surface area (Å²) < 4.78 is 5.22. The molecule has 0 amide bonds. The summed E-state index contributed by atoms with van der Waals surface area (Å²) in [5.41, 5.74) is -0.00144. The van der Waals surface area contributed by atoms with Crippen LogP contribution in [-0.2, 0) is 11.2 Å².